The van der Waals surface area contributed by atoms with Crippen molar-refractivity contribution in [2.45, 2.75) is 38.4 Å². The summed E-state index contributed by atoms with van der Waals surface area (Å²) in [7, 11) is 0. The van der Waals surface area contributed by atoms with Crippen LogP contribution in [0, 0.1) is 0 Å². The maximum atomic E-state index is 13.5. The molecule has 1 saturated heterocycles. The molecule has 1 aliphatic carbocycles. The lowest BCUT2D eigenvalue weighted by molar-refractivity contribution is -0.136. The quantitative estimate of drug-likeness (QED) is 0.588. The van der Waals surface area contributed by atoms with Crippen LogP contribution in [-0.4, -0.2) is 63.9 Å². The first-order valence-electron chi connectivity index (χ1n) is 11.3. The van der Waals surface area contributed by atoms with Crippen LogP contribution in [-0.2, 0) is 4.79 Å². The molecule has 1 aromatic heterocycles. The molecule has 0 radical (unpaired) electrons. The lowest BCUT2D eigenvalue weighted by atomic mass is 9.99. The van der Waals surface area contributed by atoms with Crippen LogP contribution in [0.25, 0.3) is 11.3 Å². The number of amides is 1. The molecule has 0 spiro atoms. The molecule has 1 aromatic rings. The average molecular weight is 432 g/mol. The Kier molecular flexibility index (Phi) is 5.66. The number of hydrogen-bond donors (Lipinski definition) is 0. The molecule has 0 aromatic carbocycles. The van der Waals surface area contributed by atoms with Crippen molar-refractivity contribution in [2.75, 3.05) is 31.1 Å². The van der Waals surface area contributed by atoms with Gasteiger partial charge in [0.05, 0.1) is 36.9 Å². The summed E-state index contributed by atoms with van der Waals surface area (Å²) in [5, 5.41) is 0. The van der Waals surface area contributed by atoms with E-state index < -0.39 is 0 Å². The van der Waals surface area contributed by atoms with Crippen molar-refractivity contribution in [2.24, 2.45) is 0 Å². The van der Waals surface area contributed by atoms with Gasteiger partial charge in [0, 0.05) is 42.8 Å². The Morgan fingerprint density at radius 1 is 1.09 bits per heavy atom. The Balaban J connectivity index is 1.31. The summed E-state index contributed by atoms with van der Waals surface area (Å²) in [5.41, 5.74) is 3.20. The van der Waals surface area contributed by atoms with Crippen LogP contribution in [0.15, 0.2) is 65.8 Å². The van der Waals surface area contributed by atoms with E-state index in [2.05, 4.69) is 57.9 Å². The highest BCUT2D eigenvalue weighted by atomic mass is 16.3. The van der Waals surface area contributed by atoms with Crippen molar-refractivity contribution in [1.82, 2.24) is 19.8 Å². The van der Waals surface area contributed by atoms with E-state index in [1.165, 1.54) is 0 Å². The minimum atomic E-state index is 0.00418. The van der Waals surface area contributed by atoms with Crippen molar-refractivity contribution in [3.05, 3.63) is 67.0 Å². The van der Waals surface area contributed by atoms with E-state index in [0.717, 1.165) is 42.1 Å². The zero-order chi connectivity index (χ0) is 22.1. The van der Waals surface area contributed by atoms with Crippen LogP contribution in [0.3, 0.4) is 0 Å². The Morgan fingerprint density at radius 2 is 1.88 bits per heavy atom. The number of rotatable bonds is 4. The van der Waals surface area contributed by atoms with Gasteiger partial charge in [-0.3, -0.25) is 9.69 Å². The molecule has 4 aliphatic rings. The Bertz CT molecular complexity index is 1050. The van der Waals surface area contributed by atoms with E-state index in [-0.39, 0.29) is 24.0 Å². The standard InChI is InChI=1S/C25H29N5O2/c1-18-14-28(21-12-26-17-27-13-21)15-19(2)30(18)16-24(31)29-10-4-3-7-23(29)22-9-8-20-6-5-11-32-25(20)22/h3-6,8-9,11-13,17-19,23H,7,10,14-16H2,1-2H3/t18-,19+,23?. The number of aromatic nitrogens is 2. The molecule has 1 unspecified atom stereocenters. The number of piperazine rings is 1. The maximum absolute atomic E-state index is 13.5. The van der Waals surface area contributed by atoms with E-state index in [1.54, 1.807) is 12.6 Å². The van der Waals surface area contributed by atoms with E-state index in [0.29, 0.717) is 13.1 Å². The normalized spacial score (nSPS) is 24.2. The number of anilines is 1. The smallest absolute Gasteiger partial charge is 0.237 e. The molecule has 0 bridgehead atoms. The summed E-state index contributed by atoms with van der Waals surface area (Å²) in [6, 6.07) is 8.63. The fraction of sp³-hybridized carbons (Fsp3) is 0.400. The van der Waals surface area contributed by atoms with Gasteiger partial charge in [0.15, 0.2) is 0 Å². The molecule has 0 N–H and O–H groups in total. The molecule has 7 nitrogen and oxygen atoms in total. The molecule has 3 aliphatic heterocycles. The zero-order valence-corrected chi connectivity index (χ0v) is 18.6. The second-order valence-corrected chi connectivity index (χ2v) is 8.83. The van der Waals surface area contributed by atoms with Crippen molar-refractivity contribution in [1.29, 1.82) is 0 Å². The second kappa shape index (κ2) is 8.74. The van der Waals surface area contributed by atoms with Gasteiger partial charge in [0.25, 0.3) is 0 Å². The molecule has 0 saturated carbocycles. The van der Waals surface area contributed by atoms with Gasteiger partial charge in [0.2, 0.25) is 5.91 Å². The number of fused-ring (bicyclic) bond motifs is 1. The van der Waals surface area contributed by atoms with Gasteiger partial charge in [-0.25, -0.2) is 9.97 Å². The van der Waals surface area contributed by atoms with Gasteiger partial charge >= 0.3 is 0 Å². The minimum absolute atomic E-state index is 0.00418. The fourth-order valence-electron chi connectivity index (χ4n) is 5.10. The highest BCUT2D eigenvalue weighted by Crippen LogP contribution is 2.38. The third-order valence-electron chi connectivity index (χ3n) is 6.72. The molecular formula is C25H29N5O2. The lowest BCUT2D eigenvalue weighted by Gasteiger charge is -2.45. The summed E-state index contributed by atoms with van der Waals surface area (Å²) in [5.74, 6) is 1.05. The molecular weight excluding hydrogens is 402 g/mol. The predicted molar refractivity (Wildman–Crippen MR) is 123 cm³/mol. The summed E-state index contributed by atoms with van der Waals surface area (Å²) < 4.78 is 5.81. The zero-order valence-electron chi connectivity index (χ0n) is 18.6. The fourth-order valence-corrected chi connectivity index (χ4v) is 5.10. The van der Waals surface area contributed by atoms with Crippen LogP contribution in [0.1, 0.15) is 31.9 Å². The summed E-state index contributed by atoms with van der Waals surface area (Å²) in [6.45, 7) is 7.13. The number of hydrogen-bond acceptors (Lipinski definition) is 6. The van der Waals surface area contributed by atoms with Gasteiger partial charge < -0.3 is 14.2 Å². The molecule has 1 amide bonds. The van der Waals surface area contributed by atoms with E-state index >= 15 is 0 Å². The maximum Gasteiger partial charge on any atom is 0.237 e. The average Bonchev–Trinajstić information content (AvgIpc) is 3.26. The van der Waals surface area contributed by atoms with Crippen molar-refractivity contribution >= 4 is 11.6 Å². The number of carbonyl (C=O) groups is 1. The third-order valence-corrected chi connectivity index (χ3v) is 6.72. The van der Waals surface area contributed by atoms with Crippen LogP contribution in [0.4, 0.5) is 5.69 Å². The van der Waals surface area contributed by atoms with Gasteiger partial charge in [-0.2, -0.15) is 0 Å². The molecule has 5 rings (SSSR count). The highest BCUT2D eigenvalue weighted by Gasteiger charge is 2.35. The number of nitrogens with zero attached hydrogens (tertiary/aromatic N) is 5. The van der Waals surface area contributed by atoms with E-state index in [9.17, 15) is 4.79 Å². The Morgan fingerprint density at radius 3 is 2.66 bits per heavy atom. The molecule has 7 heteroatoms. The van der Waals surface area contributed by atoms with Gasteiger partial charge in [-0.05, 0) is 32.4 Å². The SMILES string of the molecule is C[C@@H]1CN(c2cncnc2)C[C@H](C)N1CC(=O)N1CC=CCC1c1ccc2cccoc1-2. The summed E-state index contributed by atoms with van der Waals surface area (Å²) in [6.07, 6.45) is 12.0. The summed E-state index contributed by atoms with van der Waals surface area (Å²) in [4.78, 5) is 28.5. The second-order valence-electron chi connectivity index (χ2n) is 8.83. The van der Waals surface area contributed by atoms with Crippen molar-refractivity contribution < 1.29 is 9.21 Å². The summed E-state index contributed by atoms with van der Waals surface area (Å²) >= 11 is 0. The molecule has 1 fully saturated rings. The van der Waals surface area contributed by atoms with Crippen LogP contribution in [0.5, 0.6) is 0 Å². The van der Waals surface area contributed by atoms with Crippen LogP contribution < -0.4 is 4.90 Å². The van der Waals surface area contributed by atoms with Crippen LogP contribution >= 0.6 is 0 Å². The van der Waals surface area contributed by atoms with Crippen LogP contribution in [0.2, 0.25) is 0 Å². The first-order chi connectivity index (χ1) is 15.6. The van der Waals surface area contributed by atoms with Gasteiger partial charge in [-0.1, -0.05) is 24.3 Å². The molecule has 3 atom stereocenters. The predicted octanol–water partition coefficient (Wildman–Crippen LogP) is 3.60. The monoisotopic (exact) mass is 431 g/mol. The largest absolute Gasteiger partial charge is 0.464 e. The molecule has 4 heterocycles. The van der Waals surface area contributed by atoms with E-state index in [1.807, 2.05) is 29.4 Å². The first-order valence-corrected chi connectivity index (χ1v) is 11.3. The lowest BCUT2D eigenvalue weighted by Crippen LogP contribution is -2.59. The van der Waals surface area contributed by atoms with Crippen molar-refractivity contribution in [3.63, 3.8) is 0 Å². The minimum Gasteiger partial charge on any atom is -0.464 e. The molecule has 32 heavy (non-hydrogen) atoms. The van der Waals surface area contributed by atoms with E-state index in [4.69, 9.17) is 4.42 Å². The molecule has 166 valence electrons. The van der Waals surface area contributed by atoms with Gasteiger partial charge in [0.1, 0.15) is 12.1 Å². The third kappa shape index (κ3) is 3.88. The Hall–Kier alpha value is -3.19. The van der Waals surface area contributed by atoms with Gasteiger partial charge in [-0.15, -0.1) is 0 Å². The van der Waals surface area contributed by atoms with Crippen molar-refractivity contribution in [3.8, 4) is 11.3 Å². The number of carbonyl (C=O) groups excluding carboxylic acids is 1. The Labute approximate surface area is 188 Å². The first kappa shape index (κ1) is 20.7. The topological polar surface area (TPSA) is 65.7 Å². The highest BCUT2D eigenvalue weighted by molar-refractivity contribution is 5.80.